The van der Waals surface area contributed by atoms with E-state index in [1.54, 1.807) is 6.92 Å². The predicted octanol–water partition coefficient (Wildman–Crippen LogP) is 1.01. The van der Waals surface area contributed by atoms with E-state index < -0.39 is 6.10 Å². The van der Waals surface area contributed by atoms with E-state index in [0.29, 0.717) is 19.0 Å². The topological polar surface area (TPSA) is 91.1 Å². The lowest BCUT2D eigenvalue weighted by molar-refractivity contribution is -0.144. The minimum Gasteiger partial charge on any atom is -0.369 e. The van der Waals surface area contributed by atoms with E-state index >= 15 is 0 Å². The van der Waals surface area contributed by atoms with Crippen molar-refractivity contribution in [2.75, 3.05) is 19.7 Å². The molecular weight excluding hydrogens is 272 g/mol. The number of carbonyl (C=O) groups excluding carboxylic acids is 1. The summed E-state index contributed by atoms with van der Waals surface area (Å²) in [6.45, 7) is 5.84. The van der Waals surface area contributed by atoms with Crippen molar-refractivity contribution in [2.45, 2.75) is 51.6 Å². The summed E-state index contributed by atoms with van der Waals surface area (Å²) in [6.07, 6.45) is 3.45. The molecule has 0 radical (unpaired) electrons. The minimum atomic E-state index is -0.409. The maximum Gasteiger partial charge on any atom is 0.340 e. The molecule has 2 heterocycles. The highest BCUT2D eigenvalue weighted by molar-refractivity contribution is 5.80. The molecule has 2 atom stereocenters. The number of carbonyl (C=O) groups is 1. The molecule has 1 saturated heterocycles. The van der Waals surface area contributed by atoms with Crippen LogP contribution in [0.25, 0.3) is 0 Å². The van der Waals surface area contributed by atoms with E-state index in [0.717, 1.165) is 32.2 Å². The smallest absolute Gasteiger partial charge is 0.340 e. The number of ether oxygens (including phenoxy) is 1. The summed E-state index contributed by atoms with van der Waals surface area (Å²) < 4.78 is 5.57. The van der Waals surface area contributed by atoms with E-state index in [4.69, 9.17) is 4.74 Å². The molecule has 7 heteroatoms. The Morgan fingerprint density at radius 3 is 3.05 bits per heavy atom. The quantitative estimate of drug-likeness (QED) is 0.766. The van der Waals surface area contributed by atoms with Crippen LogP contribution in [-0.4, -0.2) is 51.8 Å². The second-order valence-electron chi connectivity index (χ2n) is 5.55. The average Bonchev–Trinajstić information content (AvgIpc) is 2.93. The molecule has 1 aliphatic heterocycles. The number of hydrogen-bond acceptors (Lipinski definition) is 4. The van der Waals surface area contributed by atoms with Gasteiger partial charge in [0.05, 0.1) is 0 Å². The Bertz CT molecular complexity index is 510. The third-order valence-electron chi connectivity index (χ3n) is 3.85. The van der Waals surface area contributed by atoms with Gasteiger partial charge in [-0.05, 0) is 26.2 Å². The van der Waals surface area contributed by atoms with Crippen molar-refractivity contribution in [3.8, 4) is 0 Å². The third kappa shape index (κ3) is 4.17. The van der Waals surface area contributed by atoms with Crippen LogP contribution in [0.2, 0.25) is 0 Å². The van der Waals surface area contributed by atoms with Gasteiger partial charge in [0.1, 0.15) is 11.9 Å². The summed E-state index contributed by atoms with van der Waals surface area (Å²) in [4.78, 5) is 28.0. The number of aromatic amines is 2. The standard InChI is InChI=1S/C14H24N4O3/c1-3-4-8-21-10(2)13(19)18-7-5-6-11(9-18)12-15-14(20)17-16-12/h10-11H,3-9H2,1-2H3,(H2,15,16,17,20)/t10-,11+/m0/s1. The normalized spacial score (nSPS) is 20.5. The van der Waals surface area contributed by atoms with Crippen LogP contribution in [-0.2, 0) is 9.53 Å². The first kappa shape index (κ1) is 15.8. The number of H-pyrrole nitrogens is 2. The van der Waals surface area contributed by atoms with Gasteiger partial charge < -0.3 is 9.64 Å². The molecule has 118 valence electrons. The molecule has 0 saturated carbocycles. The van der Waals surface area contributed by atoms with E-state index in [1.807, 2.05) is 4.90 Å². The summed E-state index contributed by atoms with van der Waals surface area (Å²) in [7, 11) is 0. The minimum absolute atomic E-state index is 0.0219. The van der Waals surface area contributed by atoms with Crippen molar-refractivity contribution in [1.82, 2.24) is 20.1 Å². The molecule has 1 aromatic heterocycles. The van der Waals surface area contributed by atoms with Gasteiger partial charge in [0.2, 0.25) is 0 Å². The fourth-order valence-electron chi connectivity index (χ4n) is 2.61. The lowest BCUT2D eigenvalue weighted by Gasteiger charge is -2.33. The number of nitrogens with one attached hydrogen (secondary N) is 2. The summed E-state index contributed by atoms with van der Waals surface area (Å²) in [5.74, 6) is 0.746. The molecule has 21 heavy (non-hydrogen) atoms. The van der Waals surface area contributed by atoms with Gasteiger partial charge in [0, 0.05) is 25.6 Å². The molecule has 1 aliphatic rings. The lowest BCUT2D eigenvalue weighted by Crippen LogP contribution is -2.44. The van der Waals surface area contributed by atoms with Crippen molar-refractivity contribution in [2.24, 2.45) is 0 Å². The van der Waals surface area contributed by atoms with Crippen LogP contribution < -0.4 is 5.69 Å². The summed E-state index contributed by atoms with van der Waals surface area (Å²) >= 11 is 0. The second kappa shape index (κ2) is 7.40. The Balaban J connectivity index is 1.91. The zero-order chi connectivity index (χ0) is 15.2. The van der Waals surface area contributed by atoms with Gasteiger partial charge in [-0.25, -0.2) is 9.89 Å². The molecule has 0 unspecified atom stereocenters. The SMILES string of the molecule is CCCCO[C@@H](C)C(=O)N1CCC[C@@H](c2n[nH]c(=O)[nH]2)C1. The Morgan fingerprint density at radius 2 is 2.38 bits per heavy atom. The van der Waals surface area contributed by atoms with Gasteiger partial charge in [0.15, 0.2) is 0 Å². The number of nitrogens with zero attached hydrogens (tertiary/aromatic N) is 2. The largest absolute Gasteiger partial charge is 0.369 e. The molecule has 1 aromatic rings. The van der Waals surface area contributed by atoms with Gasteiger partial charge in [0.25, 0.3) is 5.91 Å². The van der Waals surface area contributed by atoms with E-state index in [1.165, 1.54) is 0 Å². The monoisotopic (exact) mass is 296 g/mol. The average molecular weight is 296 g/mol. The fraction of sp³-hybridized carbons (Fsp3) is 0.786. The highest BCUT2D eigenvalue weighted by Gasteiger charge is 2.29. The maximum absolute atomic E-state index is 12.4. The Kier molecular flexibility index (Phi) is 5.55. The number of likely N-dealkylation sites (tertiary alicyclic amines) is 1. The van der Waals surface area contributed by atoms with Gasteiger partial charge in [-0.2, -0.15) is 5.10 Å². The Morgan fingerprint density at radius 1 is 1.57 bits per heavy atom. The Labute approximate surface area is 124 Å². The summed E-state index contributed by atoms with van der Waals surface area (Å²) in [5, 5.41) is 6.35. The van der Waals surface area contributed by atoms with Crippen LogP contribution in [0, 0.1) is 0 Å². The van der Waals surface area contributed by atoms with Crippen LogP contribution in [0.1, 0.15) is 51.3 Å². The lowest BCUT2D eigenvalue weighted by atomic mass is 9.97. The van der Waals surface area contributed by atoms with Crippen molar-refractivity contribution < 1.29 is 9.53 Å². The molecule has 1 fully saturated rings. The number of amides is 1. The van der Waals surface area contributed by atoms with E-state index in [-0.39, 0.29) is 17.5 Å². The predicted molar refractivity (Wildman–Crippen MR) is 78.1 cm³/mol. The van der Waals surface area contributed by atoms with Gasteiger partial charge >= 0.3 is 5.69 Å². The van der Waals surface area contributed by atoms with E-state index in [9.17, 15) is 9.59 Å². The summed E-state index contributed by atoms with van der Waals surface area (Å²) in [6, 6.07) is 0. The molecule has 7 nitrogen and oxygen atoms in total. The maximum atomic E-state index is 12.4. The van der Waals surface area contributed by atoms with Crippen LogP contribution >= 0.6 is 0 Å². The fourth-order valence-corrected chi connectivity index (χ4v) is 2.61. The molecule has 2 rings (SSSR count). The van der Waals surface area contributed by atoms with Gasteiger partial charge in [-0.15, -0.1) is 0 Å². The first-order valence-electron chi connectivity index (χ1n) is 7.66. The first-order valence-corrected chi connectivity index (χ1v) is 7.66. The van der Waals surface area contributed by atoms with Crippen molar-refractivity contribution >= 4 is 5.91 Å². The molecule has 0 aliphatic carbocycles. The summed E-state index contributed by atoms with van der Waals surface area (Å²) in [5.41, 5.74) is -0.301. The van der Waals surface area contributed by atoms with Crippen molar-refractivity contribution in [3.63, 3.8) is 0 Å². The molecule has 0 aromatic carbocycles. The zero-order valence-corrected chi connectivity index (χ0v) is 12.7. The first-order chi connectivity index (χ1) is 10.1. The number of hydrogen-bond donors (Lipinski definition) is 2. The molecule has 0 spiro atoms. The second-order valence-corrected chi connectivity index (χ2v) is 5.55. The molecule has 0 bridgehead atoms. The zero-order valence-electron chi connectivity index (χ0n) is 12.7. The number of unbranched alkanes of at least 4 members (excludes halogenated alkanes) is 1. The van der Waals surface area contributed by atoms with Gasteiger partial charge in [-0.3, -0.25) is 9.78 Å². The van der Waals surface area contributed by atoms with Crippen molar-refractivity contribution in [1.29, 1.82) is 0 Å². The number of rotatable bonds is 6. The molecule has 1 amide bonds. The number of aromatic nitrogens is 3. The molecular formula is C14H24N4O3. The third-order valence-corrected chi connectivity index (χ3v) is 3.85. The van der Waals surface area contributed by atoms with Gasteiger partial charge in [-0.1, -0.05) is 13.3 Å². The highest BCUT2D eigenvalue weighted by atomic mass is 16.5. The molecule has 2 N–H and O–H groups in total. The van der Waals surface area contributed by atoms with Crippen LogP contribution in [0.15, 0.2) is 4.79 Å². The number of piperidine rings is 1. The van der Waals surface area contributed by atoms with Crippen LogP contribution in [0.4, 0.5) is 0 Å². The Hall–Kier alpha value is -1.63. The highest BCUT2D eigenvalue weighted by Crippen LogP contribution is 2.24. The van der Waals surface area contributed by atoms with Crippen LogP contribution in [0.3, 0.4) is 0 Å². The van der Waals surface area contributed by atoms with E-state index in [2.05, 4.69) is 22.1 Å². The van der Waals surface area contributed by atoms with Crippen LogP contribution in [0.5, 0.6) is 0 Å². The van der Waals surface area contributed by atoms with Crippen molar-refractivity contribution in [3.05, 3.63) is 16.3 Å².